The van der Waals surface area contributed by atoms with Crippen LogP contribution in [0.25, 0.3) is 0 Å². The van der Waals surface area contributed by atoms with Crippen molar-refractivity contribution >= 4 is 29.1 Å². The summed E-state index contributed by atoms with van der Waals surface area (Å²) in [5, 5.41) is 3.40. The summed E-state index contributed by atoms with van der Waals surface area (Å²) in [5.41, 5.74) is 1.56. The Balaban J connectivity index is 1.42. The second-order valence-corrected chi connectivity index (χ2v) is 9.07. The number of para-hydroxylation sites is 1. The number of carbonyl (C=O) groups excluding carboxylic acids is 2. The van der Waals surface area contributed by atoms with Crippen molar-refractivity contribution in [1.82, 2.24) is 9.80 Å². The molecule has 7 heteroatoms. The maximum atomic E-state index is 14.2. The molecule has 2 saturated heterocycles. The van der Waals surface area contributed by atoms with Gasteiger partial charge in [-0.25, -0.2) is 4.39 Å². The molecule has 5 nitrogen and oxygen atoms in total. The van der Waals surface area contributed by atoms with Crippen LogP contribution in [0.2, 0.25) is 5.02 Å². The standard InChI is InChI=1S/C25H29ClFN3O2/c26-21-10-6-11-22(27)20(21)17-29-13-7-8-18(16-29)24(31)28-23-12-3-2-9-19(23)25(32)30-14-4-1-5-15-30/h2-3,6,9-12,18H,1,4-5,7-8,13-17H2,(H,28,31). The average Bonchev–Trinajstić information content (AvgIpc) is 2.82. The van der Waals surface area contributed by atoms with E-state index in [-0.39, 0.29) is 23.5 Å². The number of nitrogens with one attached hydrogen (secondary N) is 1. The van der Waals surface area contributed by atoms with Gasteiger partial charge in [0.2, 0.25) is 5.91 Å². The predicted octanol–water partition coefficient (Wildman–Crippen LogP) is 4.96. The van der Waals surface area contributed by atoms with Crippen molar-refractivity contribution in [2.24, 2.45) is 5.92 Å². The van der Waals surface area contributed by atoms with Crippen LogP contribution in [0, 0.1) is 11.7 Å². The Morgan fingerprint density at radius 3 is 2.56 bits per heavy atom. The zero-order chi connectivity index (χ0) is 22.5. The molecule has 2 aliphatic heterocycles. The van der Waals surface area contributed by atoms with E-state index >= 15 is 0 Å². The Morgan fingerprint density at radius 1 is 1.00 bits per heavy atom. The van der Waals surface area contributed by atoms with Gasteiger partial charge >= 0.3 is 0 Å². The third kappa shape index (κ3) is 5.30. The molecule has 2 aromatic carbocycles. The molecule has 2 heterocycles. The summed E-state index contributed by atoms with van der Waals surface area (Å²) in [7, 11) is 0. The summed E-state index contributed by atoms with van der Waals surface area (Å²) in [4.78, 5) is 30.0. The molecule has 2 fully saturated rings. The lowest BCUT2D eigenvalue weighted by atomic mass is 9.96. The van der Waals surface area contributed by atoms with Gasteiger partial charge < -0.3 is 10.2 Å². The van der Waals surface area contributed by atoms with Crippen LogP contribution < -0.4 is 5.32 Å². The summed E-state index contributed by atoms with van der Waals surface area (Å²) in [6, 6.07) is 11.9. The Morgan fingerprint density at radius 2 is 1.78 bits per heavy atom. The first-order valence-corrected chi connectivity index (χ1v) is 11.7. The molecule has 2 amide bonds. The zero-order valence-electron chi connectivity index (χ0n) is 18.2. The van der Waals surface area contributed by atoms with Crippen molar-refractivity contribution in [2.75, 3.05) is 31.5 Å². The highest BCUT2D eigenvalue weighted by molar-refractivity contribution is 6.31. The van der Waals surface area contributed by atoms with E-state index in [1.165, 1.54) is 6.07 Å². The van der Waals surface area contributed by atoms with Crippen molar-refractivity contribution in [3.63, 3.8) is 0 Å². The summed E-state index contributed by atoms with van der Waals surface area (Å²) >= 11 is 6.18. The van der Waals surface area contributed by atoms with Crippen molar-refractivity contribution in [3.8, 4) is 0 Å². The SMILES string of the molecule is O=C(Nc1ccccc1C(=O)N1CCCCC1)C1CCCN(Cc2c(F)cccc2Cl)C1. The Labute approximate surface area is 193 Å². The van der Waals surface area contributed by atoms with Crippen molar-refractivity contribution in [2.45, 2.75) is 38.6 Å². The molecule has 1 unspecified atom stereocenters. The van der Waals surface area contributed by atoms with E-state index in [1.54, 1.807) is 24.3 Å². The molecule has 0 spiro atoms. The Hall–Kier alpha value is -2.44. The third-order valence-electron chi connectivity index (χ3n) is 6.38. The molecule has 2 aromatic rings. The number of likely N-dealkylation sites (tertiary alicyclic amines) is 2. The highest BCUT2D eigenvalue weighted by atomic mass is 35.5. The largest absolute Gasteiger partial charge is 0.339 e. The number of anilines is 1. The van der Waals surface area contributed by atoms with Crippen LogP contribution in [0.5, 0.6) is 0 Å². The van der Waals surface area contributed by atoms with Gasteiger partial charge in [-0.3, -0.25) is 14.5 Å². The van der Waals surface area contributed by atoms with E-state index in [0.717, 1.165) is 51.7 Å². The fourth-order valence-corrected chi connectivity index (χ4v) is 4.82. The van der Waals surface area contributed by atoms with Gasteiger partial charge in [0.25, 0.3) is 5.91 Å². The van der Waals surface area contributed by atoms with E-state index in [1.807, 2.05) is 17.0 Å². The maximum Gasteiger partial charge on any atom is 0.255 e. The normalized spacial score (nSPS) is 19.6. The first-order chi connectivity index (χ1) is 15.5. The minimum Gasteiger partial charge on any atom is -0.339 e. The lowest BCUT2D eigenvalue weighted by Crippen LogP contribution is -2.41. The van der Waals surface area contributed by atoms with Crippen LogP contribution in [-0.2, 0) is 11.3 Å². The number of nitrogens with zero attached hydrogens (tertiary/aromatic N) is 2. The van der Waals surface area contributed by atoms with Gasteiger partial charge in [-0.15, -0.1) is 0 Å². The van der Waals surface area contributed by atoms with Crippen LogP contribution >= 0.6 is 11.6 Å². The molecule has 0 bridgehead atoms. The lowest BCUT2D eigenvalue weighted by Gasteiger charge is -2.32. The second-order valence-electron chi connectivity index (χ2n) is 8.66. The van der Waals surface area contributed by atoms with Gasteiger partial charge in [0.1, 0.15) is 5.82 Å². The molecular weight excluding hydrogens is 429 g/mol. The summed E-state index contributed by atoms with van der Waals surface area (Å²) in [6.45, 7) is 3.21. The number of hydrogen-bond acceptors (Lipinski definition) is 3. The van der Waals surface area contributed by atoms with Crippen LogP contribution in [0.1, 0.15) is 48.0 Å². The van der Waals surface area contributed by atoms with Crippen LogP contribution in [-0.4, -0.2) is 47.8 Å². The van der Waals surface area contributed by atoms with E-state index in [0.29, 0.717) is 34.9 Å². The Kier molecular flexibility index (Phi) is 7.43. The molecule has 0 radical (unpaired) electrons. The number of rotatable bonds is 5. The number of benzene rings is 2. The molecule has 0 saturated carbocycles. The maximum absolute atomic E-state index is 14.2. The number of halogens is 2. The number of hydrogen-bond donors (Lipinski definition) is 1. The quantitative estimate of drug-likeness (QED) is 0.690. The minimum atomic E-state index is -0.325. The first kappa shape index (κ1) is 22.7. The van der Waals surface area contributed by atoms with Gasteiger partial charge in [-0.1, -0.05) is 29.8 Å². The zero-order valence-corrected chi connectivity index (χ0v) is 18.9. The highest BCUT2D eigenvalue weighted by Crippen LogP contribution is 2.26. The smallest absolute Gasteiger partial charge is 0.255 e. The molecule has 0 aliphatic carbocycles. The monoisotopic (exact) mass is 457 g/mol. The van der Waals surface area contributed by atoms with Crippen molar-refractivity contribution in [1.29, 1.82) is 0 Å². The van der Waals surface area contributed by atoms with E-state index in [2.05, 4.69) is 10.2 Å². The third-order valence-corrected chi connectivity index (χ3v) is 6.73. The van der Waals surface area contributed by atoms with Gasteiger partial charge in [-0.2, -0.15) is 0 Å². The van der Waals surface area contributed by atoms with Gasteiger partial charge in [0, 0.05) is 36.8 Å². The second kappa shape index (κ2) is 10.5. The van der Waals surface area contributed by atoms with Crippen molar-refractivity contribution < 1.29 is 14.0 Å². The van der Waals surface area contributed by atoms with Gasteiger partial charge in [0.15, 0.2) is 0 Å². The van der Waals surface area contributed by atoms with Crippen molar-refractivity contribution in [3.05, 3.63) is 64.4 Å². The molecule has 32 heavy (non-hydrogen) atoms. The van der Waals surface area contributed by atoms with E-state index < -0.39 is 0 Å². The minimum absolute atomic E-state index is 0.0277. The van der Waals surface area contributed by atoms with Gasteiger partial charge in [0.05, 0.1) is 17.2 Å². The Bertz CT molecular complexity index is 957. The van der Waals surface area contributed by atoms with Gasteiger partial charge in [-0.05, 0) is 62.9 Å². The van der Waals surface area contributed by atoms with Crippen LogP contribution in [0.4, 0.5) is 10.1 Å². The number of carbonyl (C=O) groups is 2. The molecular formula is C25H29ClFN3O2. The van der Waals surface area contributed by atoms with Crippen LogP contribution in [0.15, 0.2) is 42.5 Å². The number of amides is 2. The number of piperidine rings is 2. The van der Waals surface area contributed by atoms with Crippen LogP contribution in [0.3, 0.4) is 0 Å². The molecule has 1 N–H and O–H groups in total. The summed E-state index contributed by atoms with van der Waals surface area (Å²) in [5.74, 6) is -0.685. The average molecular weight is 458 g/mol. The molecule has 170 valence electrons. The fraction of sp³-hybridized carbons (Fsp3) is 0.440. The summed E-state index contributed by atoms with van der Waals surface area (Å²) < 4.78 is 14.2. The molecule has 1 atom stereocenters. The summed E-state index contributed by atoms with van der Waals surface area (Å²) in [6.07, 6.45) is 4.79. The topological polar surface area (TPSA) is 52.7 Å². The van der Waals surface area contributed by atoms with E-state index in [9.17, 15) is 14.0 Å². The molecule has 2 aliphatic rings. The fourth-order valence-electron chi connectivity index (χ4n) is 4.60. The highest BCUT2D eigenvalue weighted by Gasteiger charge is 2.28. The predicted molar refractivity (Wildman–Crippen MR) is 124 cm³/mol. The molecule has 0 aromatic heterocycles. The molecule has 4 rings (SSSR count). The first-order valence-electron chi connectivity index (χ1n) is 11.4. The van der Waals surface area contributed by atoms with E-state index in [4.69, 9.17) is 11.6 Å². The lowest BCUT2D eigenvalue weighted by molar-refractivity contribution is -0.121.